The number of thiophene rings is 1. The Morgan fingerprint density at radius 2 is 2.39 bits per heavy atom. The van der Waals surface area contributed by atoms with Gasteiger partial charge in [0.15, 0.2) is 0 Å². The summed E-state index contributed by atoms with van der Waals surface area (Å²) in [5, 5.41) is 0.437. The van der Waals surface area contributed by atoms with Gasteiger partial charge in [0.1, 0.15) is 0 Å². The van der Waals surface area contributed by atoms with E-state index in [2.05, 4.69) is 0 Å². The van der Waals surface area contributed by atoms with Gasteiger partial charge in [-0.15, -0.1) is 11.3 Å². The number of halogens is 1. The van der Waals surface area contributed by atoms with Gasteiger partial charge in [0.05, 0.1) is 15.8 Å². The van der Waals surface area contributed by atoms with E-state index in [-0.39, 0.29) is 5.91 Å². The van der Waals surface area contributed by atoms with Crippen LogP contribution in [0.2, 0.25) is 4.34 Å². The molecule has 0 aromatic carbocycles. The Balaban J connectivity index is 1.79. The first-order valence-corrected chi connectivity index (χ1v) is 8.25. The molecule has 0 aliphatic carbocycles. The monoisotopic (exact) mass is 303 g/mol. The third-order valence-electron chi connectivity index (χ3n) is 3.38. The second-order valence-electron chi connectivity index (χ2n) is 4.44. The summed E-state index contributed by atoms with van der Waals surface area (Å²) in [6, 6.07) is 3.94. The van der Waals surface area contributed by atoms with Crippen LogP contribution >= 0.6 is 34.7 Å². The lowest BCUT2D eigenvalue weighted by Crippen LogP contribution is -2.54. The fraction of sp³-hybridized carbons (Fsp3) is 0.583. The van der Waals surface area contributed by atoms with Gasteiger partial charge in [-0.3, -0.25) is 4.79 Å². The van der Waals surface area contributed by atoms with Crippen LogP contribution in [0.25, 0.3) is 0 Å². The van der Waals surface area contributed by atoms with Crippen LogP contribution in [0.5, 0.6) is 0 Å². The third-order valence-corrected chi connectivity index (χ3v) is 5.89. The van der Waals surface area contributed by atoms with E-state index in [0.29, 0.717) is 15.6 Å². The van der Waals surface area contributed by atoms with Crippen LogP contribution in [-0.2, 0) is 4.74 Å². The van der Waals surface area contributed by atoms with E-state index in [1.54, 1.807) is 6.07 Å². The fourth-order valence-corrected chi connectivity index (χ4v) is 4.81. The normalized spacial score (nSPS) is 27.9. The molecule has 0 saturated carbocycles. The third kappa shape index (κ3) is 2.41. The zero-order valence-electron chi connectivity index (χ0n) is 9.80. The summed E-state index contributed by atoms with van der Waals surface area (Å²) in [5.74, 6) is 1.12. The molecule has 0 bridgehead atoms. The first-order valence-electron chi connectivity index (χ1n) is 6.01. The molecular weight excluding hydrogens is 290 g/mol. The highest BCUT2D eigenvalue weighted by Crippen LogP contribution is 2.32. The smallest absolute Gasteiger partial charge is 0.264 e. The van der Waals surface area contributed by atoms with Crippen LogP contribution < -0.4 is 0 Å². The number of amides is 1. The van der Waals surface area contributed by atoms with Crippen molar-refractivity contribution in [2.75, 3.05) is 25.5 Å². The van der Waals surface area contributed by atoms with Crippen molar-refractivity contribution in [1.29, 1.82) is 0 Å². The molecular formula is C12H14ClNO2S2. The first-order chi connectivity index (χ1) is 8.75. The minimum absolute atomic E-state index is 0.129. The number of hydrogen-bond acceptors (Lipinski definition) is 4. The summed E-state index contributed by atoms with van der Waals surface area (Å²) < 4.78 is 6.17. The number of carbonyl (C=O) groups excluding carboxylic acids is 1. The predicted octanol–water partition coefficient (Wildman–Crippen LogP) is 2.75. The molecule has 3 nitrogen and oxygen atoms in total. The topological polar surface area (TPSA) is 29.5 Å². The van der Waals surface area contributed by atoms with E-state index in [1.165, 1.54) is 11.3 Å². The molecule has 18 heavy (non-hydrogen) atoms. The van der Waals surface area contributed by atoms with Gasteiger partial charge < -0.3 is 9.64 Å². The van der Waals surface area contributed by atoms with Crippen molar-refractivity contribution in [2.45, 2.75) is 17.7 Å². The summed E-state index contributed by atoms with van der Waals surface area (Å²) in [6.45, 7) is 2.36. The van der Waals surface area contributed by atoms with Crippen molar-refractivity contribution in [3.63, 3.8) is 0 Å². The van der Waals surface area contributed by atoms with Crippen LogP contribution in [0, 0.1) is 0 Å². The molecule has 98 valence electrons. The van der Waals surface area contributed by atoms with E-state index in [1.807, 2.05) is 22.7 Å². The summed E-state index contributed by atoms with van der Waals surface area (Å²) in [6.07, 6.45) is 0.947. The highest BCUT2D eigenvalue weighted by Gasteiger charge is 2.37. The lowest BCUT2D eigenvalue weighted by atomic mass is 10.1. The zero-order valence-corrected chi connectivity index (χ0v) is 12.2. The molecule has 2 atom stereocenters. The lowest BCUT2D eigenvalue weighted by molar-refractivity contribution is 0.0322. The summed E-state index contributed by atoms with van der Waals surface area (Å²) in [4.78, 5) is 15.3. The van der Waals surface area contributed by atoms with E-state index in [9.17, 15) is 4.79 Å². The zero-order chi connectivity index (χ0) is 12.5. The van der Waals surface area contributed by atoms with Gasteiger partial charge in [-0.2, -0.15) is 11.8 Å². The standard InChI is InChI=1S/C12H14ClNO2S2/c13-11-2-1-9(18-11)12(15)14-4-6-17-10-7-16-5-3-8(10)14/h1-2,8,10H,3-7H2/t8-,10-/m0/s1. The Labute approximate surface area is 119 Å². The molecule has 3 rings (SSSR count). The molecule has 0 unspecified atom stereocenters. The van der Waals surface area contributed by atoms with E-state index in [4.69, 9.17) is 16.3 Å². The van der Waals surface area contributed by atoms with Gasteiger partial charge in [-0.25, -0.2) is 0 Å². The predicted molar refractivity (Wildman–Crippen MR) is 75.8 cm³/mol. The second kappa shape index (κ2) is 5.41. The molecule has 0 radical (unpaired) electrons. The minimum atomic E-state index is 0.129. The number of nitrogens with zero attached hydrogens (tertiary/aromatic N) is 1. The molecule has 1 aromatic heterocycles. The Morgan fingerprint density at radius 1 is 1.50 bits per heavy atom. The molecule has 1 aromatic rings. The Morgan fingerprint density at radius 3 is 3.17 bits per heavy atom. The van der Waals surface area contributed by atoms with Crippen LogP contribution in [0.1, 0.15) is 16.1 Å². The highest BCUT2D eigenvalue weighted by molar-refractivity contribution is 8.00. The number of rotatable bonds is 1. The molecule has 0 N–H and O–H groups in total. The van der Waals surface area contributed by atoms with Crippen LogP contribution in [0.15, 0.2) is 12.1 Å². The van der Waals surface area contributed by atoms with Gasteiger partial charge >= 0.3 is 0 Å². The quantitative estimate of drug-likeness (QED) is 0.799. The maximum atomic E-state index is 12.5. The summed E-state index contributed by atoms with van der Waals surface area (Å²) in [5.41, 5.74) is 0. The molecule has 2 aliphatic rings. The van der Waals surface area contributed by atoms with Crippen molar-refractivity contribution in [1.82, 2.24) is 4.90 Å². The maximum absolute atomic E-state index is 12.5. The largest absolute Gasteiger partial charge is 0.380 e. The van der Waals surface area contributed by atoms with Gasteiger partial charge in [-0.05, 0) is 18.6 Å². The number of ether oxygens (including phenoxy) is 1. The van der Waals surface area contributed by atoms with Crippen molar-refractivity contribution in [3.8, 4) is 0 Å². The Kier molecular flexibility index (Phi) is 3.84. The second-order valence-corrected chi connectivity index (χ2v) is 7.50. The number of carbonyl (C=O) groups is 1. The lowest BCUT2D eigenvalue weighted by Gasteiger charge is -2.43. The van der Waals surface area contributed by atoms with Crippen molar-refractivity contribution in [3.05, 3.63) is 21.3 Å². The van der Waals surface area contributed by atoms with Gasteiger partial charge in [0.25, 0.3) is 5.91 Å². The molecule has 2 fully saturated rings. The van der Waals surface area contributed by atoms with E-state index < -0.39 is 0 Å². The van der Waals surface area contributed by atoms with Crippen molar-refractivity contribution >= 4 is 40.6 Å². The van der Waals surface area contributed by atoms with E-state index in [0.717, 1.165) is 36.8 Å². The molecule has 2 aliphatic heterocycles. The Bertz CT molecular complexity index is 449. The maximum Gasteiger partial charge on any atom is 0.264 e. The Hall–Kier alpha value is -0.230. The van der Waals surface area contributed by atoms with Crippen LogP contribution in [0.4, 0.5) is 0 Å². The van der Waals surface area contributed by atoms with E-state index >= 15 is 0 Å². The summed E-state index contributed by atoms with van der Waals surface area (Å²) >= 11 is 9.20. The van der Waals surface area contributed by atoms with Crippen LogP contribution in [-0.4, -0.2) is 47.6 Å². The molecule has 2 saturated heterocycles. The minimum Gasteiger partial charge on any atom is -0.380 e. The molecule has 1 amide bonds. The van der Waals surface area contributed by atoms with Crippen LogP contribution in [0.3, 0.4) is 0 Å². The van der Waals surface area contributed by atoms with Gasteiger partial charge in [0, 0.05) is 30.2 Å². The number of hydrogen-bond donors (Lipinski definition) is 0. The van der Waals surface area contributed by atoms with Gasteiger partial charge in [-0.1, -0.05) is 11.6 Å². The molecule has 0 spiro atoms. The van der Waals surface area contributed by atoms with Gasteiger partial charge in [0.2, 0.25) is 0 Å². The number of thioether (sulfide) groups is 1. The molecule has 3 heterocycles. The molecule has 6 heteroatoms. The SMILES string of the molecule is O=C(c1ccc(Cl)s1)N1CCS[C@H]2COCC[C@@H]21. The average molecular weight is 304 g/mol. The fourth-order valence-electron chi connectivity index (χ4n) is 2.51. The average Bonchev–Trinajstić information content (AvgIpc) is 2.84. The number of fused-ring (bicyclic) bond motifs is 1. The van der Waals surface area contributed by atoms with Crippen molar-refractivity contribution in [2.24, 2.45) is 0 Å². The highest BCUT2D eigenvalue weighted by atomic mass is 35.5. The first kappa shape index (κ1) is 12.8. The van der Waals surface area contributed by atoms with Crippen molar-refractivity contribution < 1.29 is 9.53 Å². The summed E-state index contributed by atoms with van der Waals surface area (Å²) in [7, 11) is 0.